The van der Waals surface area contributed by atoms with Crippen LogP contribution in [0.25, 0.3) is 0 Å². The van der Waals surface area contributed by atoms with Gasteiger partial charge in [-0.25, -0.2) is 0 Å². The number of ether oxygens (including phenoxy) is 1. The van der Waals surface area contributed by atoms with E-state index in [0.29, 0.717) is 0 Å². The van der Waals surface area contributed by atoms with Gasteiger partial charge in [0.15, 0.2) is 5.96 Å². The van der Waals surface area contributed by atoms with Crippen molar-refractivity contribution in [2.45, 2.75) is 65.3 Å². The molecule has 2 atom stereocenters. The molecule has 5 nitrogen and oxygen atoms in total. The first-order valence-electron chi connectivity index (χ1n) is 9.26. The molecule has 0 spiro atoms. The normalized spacial score (nSPS) is 22.9. The van der Waals surface area contributed by atoms with Gasteiger partial charge in [-0.1, -0.05) is 6.92 Å². The molecule has 1 saturated heterocycles. The van der Waals surface area contributed by atoms with E-state index in [-0.39, 0.29) is 17.7 Å². The van der Waals surface area contributed by atoms with Crippen LogP contribution in [0.15, 0.2) is 17.1 Å². The van der Waals surface area contributed by atoms with Crippen molar-refractivity contribution in [1.82, 2.24) is 15.5 Å². The number of hydrogen-bond acceptors (Lipinski definition) is 4. The number of hydrogen-bond donors (Lipinski definition) is 2. The fourth-order valence-corrected chi connectivity index (χ4v) is 4.08. The van der Waals surface area contributed by atoms with Gasteiger partial charge >= 0.3 is 0 Å². The Labute approximate surface area is 156 Å². The van der Waals surface area contributed by atoms with E-state index in [1.54, 1.807) is 0 Å². The largest absolute Gasteiger partial charge is 0.373 e. The smallest absolute Gasteiger partial charge is 0.191 e. The quantitative estimate of drug-likeness (QED) is 0.600. The zero-order chi connectivity index (χ0) is 18.4. The monoisotopic (exact) mass is 366 g/mol. The maximum atomic E-state index is 5.86. The zero-order valence-corrected chi connectivity index (χ0v) is 17.4. The van der Waals surface area contributed by atoms with Gasteiger partial charge < -0.3 is 15.4 Å². The first-order chi connectivity index (χ1) is 11.8. The molecular formula is C19H34N4OS. The van der Waals surface area contributed by atoms with Crippen LogP contribution in [0.5, 0.6) is 0 Å². The van der Waals surface area contributed by atoms with Crippen LogP contribution in [0.3, 0.4) is 0 Å². The molecule has 0 amide bonds. The van der Waals surface area contributed by atoms with Crippen LogP contribution in [-0.2, 0) is 17.7 Å². The molecule has 1 aliphatic rings. The molecule has 1 aliphatic heterocycles. The highest BCUT2D eigenvalue weighted by molar-refractivity contribution is 7.11. The molecule has 0 aromatic carbocycles. The predicted octanol–water partition coefficient (Wildman–Crippen LogP) is 2.86. The van der Waals surface area contributed by atoms with E-state index in [9.17, 15) is 0 Å². The summed E-state index contributed by atoms with van der Waals surface area (Å²) < 4.78 is 5.86. The molecule has 142 valence electrons. The van der Waals surface area contributed by atoms with E-state index >= 15 is 0 Å². The van der Waals surface area contributed by atoms with Crippen LogP contribution < -0.4 is 10.6 Å². The second-order valence-corrected chi connectivity index (χ2v) is 8.73. The van der Waals surface area contributed by atoms with Crippen LogP contribution in [-0.4, -0.2) is 55.3 Å². The van der Waals surface area contributed by atoms with Gasteiger partial charge in [0.25, 0.3) is 0 Å². The number of nitrogens with one attached hydrogen (secondary N) is 2. The number of nitrogens with zero attached hydrogens (tertiary/aromatic N) is 2. The Balaban J connectivity index is 1.84. The van der Waals surface area contributed by atoms with Crippen molar-refractivity contribution in [2.75, 3.05) is 26.7 Å². The van der Waals surface area contributed by atoms with Crippen molar-refractivity contribution in [3.63, 3.8) is 0 Å². The van der Waals surface area contributed by atoms with Gasteiger partial charge in [0.05, 0.1) is 18.8 Å². The lowest BCUT2D eigenvalue weighted by Gasteiger charge is -2.45. The average Bonchev–Trinajstić information content (AvgIpc) is 3.02. The first kappa shape index (κ1) is 20.2. The fraction of sp³-hybridized carbons (Fsp3) is 0.737. The maximum Gasteiger partial charge on any atom is 0.191 e. The molecule has 2 unspecified atom stereocenters. The molecule has 0 bridgehead atoms. The van der Waals surface area contributed by atoms with Crippen molar-refractivity contribution in [1.29, 1.82) is 0 Å². The van der Waals surface area contributed by atoms with E-state index in [1.807, 2.05) is 18.4 Å². The van der Waals surface area contributed by atoms with Gasteiger partial charge in [0.2, 0.25) is 0 Å². The van der Waals surface area contributed by atoms with Crippen LogP contribution in [0, 0.1) is 0 Å². The predicted molar refractivity (Wildman–Crippen MR) is 108 cm³/mol. The highest BCUT2D eigenvalue weighted by Gasteiger charge is 2.33. The Kier molecular flexibility index (Phi) is 7.28. The third-order valence-corrected chi connectivity index (χ3v) is 5.91. The molecule has 2 rings (SSSR count). The van der Waals surface area contributed by atoms with Crippen LogP contribution in [0.1, 0.15) is 44.4 Å². The Morgan fingerprint density at radius 2 is 1.88 bits per heavy atom. The topological polar surface area (TPSA) is 48.9 Å². The lowest BCUT2D eigenvalue weighted by molar-refractivity contribution is -0.0946. The van der Waals surface area contributed by atoms with Gasteiger partial charge in [-0.15, -0.1) is 11.3 Å². The third kappa shape index (κ3) is 5.97. The van der Waals surface area contributed by atoms with E-state index in [4.69, 9.17) is 4.74 Å². The molecule has 1 aromatic heterocycles. The number of rotatable bonds is 6. The van der Waals surface area contributed by atoms with Crippen molar-refractivity contribution in [3.05, 3.63) is 21.9 Å². The highest BCUT2D eigenvalue weighted by Crippen LogP contribution is 2.20. The molecule has 1 aromatic rings. The maximum absolute atomic E-state index is 5.86. The lowest BCUT2D eigenvalue weighted by Crippen LogP contribution is -2.59. The Morgan fingerprint density at radius 3 is 2.44 bits per heavy atom. The SMILES string of the molecule is CCc1ccc(CNC(=NC)NCC(C)(C)N2CC(C)OC(C)C2)s1. The van der Waals surface area contributed by atoms with Crippen molar-refractivity contribution < 1.29 is 4.74 Å². The van der Waals surface area contributed by atoms with Crippen LogP contribution in [0.2, 0.25) is 0 Å². The van der Waals surface area contributed by atoms with Gasteiger partial charge in [0.1, 0.15) is 0 Å². The van der Waals surface area contributed by atoms with Gasteiger partial charge in [0, 0.05) is 42.0 Å². The first-order valence-corrected chi connectivity index (χ1v) is 10.1. The Hall–Kier alpha value is -1.11. The summed E-state index contributed by atoms with van der Waals surface area (Å²) >= 11 is 1.86. The fourth-order valence-electron chi connectivity index (χ4n) is 3.18. The number of aliphatic imine (C=N–C) groups is 1. The number of guanidine groups is 1. The molecule has 2 heterocycles. The molecule has 2 N–H and O–H groups in total. The summed E-state index contributed by atoms with van der Waals surface area (Å²) in [5.41, 5.74) is 0.0439. The summed E-state index contributed by atoms with van der Waals surface area (Å²) in [4.78, 5) is 9.65. The van der Waals surface area contributed by atoms with E-state index in [2.05, 4.69) is 67.3 Å². The minimum absolute atomic E-state index is 0.0439. The van der Waals surface area contributed by atoms with Crippen LogP contribution >= 0.6 is 11.3 Å². The summed E-state index contributed by atoms with van der Waals surface area (Å²) in [6.07, 6.45) is 1.67. The van der Waals surface area contributed by atoms with Gasteiger partial charge in [-0.2, -0.15) is 0 Å². The van der Waals surface area contributed by atoms with E-state index in [0.717, 1.165) is 38.6 Å². The van der Waals surface area contributed by atoms with Crippen LogP contribution in [0.4, 0.5) is 0 Å². The average molecular weight is 367 g/mol. The highest BCUT2D eigenvalue weighted by atomic mass is 32.1. The summed E-state index contributed by atoms with van der Waals surface area (Å²) in [5, 5.41) is 6.91. The number of thiophene rings is 1. The van der Waals surface area contributed by atoms with E-state index in [1.165, 1.54) is 9.75 Å². The molecule has 6 heteroatoms. The molecule has 1 fully saturated rings. The molecule has 0 saturated carbocycles. The zero-order valence-electron chi connectivity index (χ0n) is 16.6. The summed E-state index contributed by atoms with van der Waals surface area (Å²) in [6.45, 7) is 14.7. The molecule has 0 radical (unpaired) electrons. The summed E-state index contributed by atoms with van der Waals surface area (Å²) in [5.74, 6) is 0.855. The summed E-state index contributed by atoms with van der Waals surface area (Å²) in [6, 6.07) is 4.41. The summed E-state index contributed by atoms with van der Waals surface area (Å²) in [7, 11) is 1.83. The minimum atomic E-state index is 0.0439. The third-order valence-electron chi connectivity index (χ3n) is 4.68. The molecule has 25 heavy (non-hydrogen) atoms. The Bertz CT molecular complexity index is 560. The van der Waals surface area contributed by atoms with Gasteiger partial charge in [-0.3, -0.25) is 9.89 Å². The minimum Gasteiger partial charge on any atom is -0.373 e. The lowest BCUT2D eigenvalue weighted by atomic mass is 10.00. The standard InChI is InChI=1S/C19H34N4OS/c1-7-16-8-9-17(25-16)10-21-18(20-6)22-13-19(4,5)23-11-14(2)24-15(3)12-23/h8-9,14-15H,7,10-13H2,1-6H3,(H2,20,21,22). The van der Waals surface area contributed by atoms with Crippen molar-refractivity contribution in [3.8, 4) is 0 Å². The number of morpholine rings is 1. The molecular weight excluding hydrogens is 332 g/mol. The van der Waals surface area contributed by atoms with Crippen molar-refractivity contribution in [2.24, 2.45) is 4.99 Å². The van der Waals surface area contributed by atoms with E-state index < -0.39 is 0 Å². The van der Waals surface area contributed by atoms with Crippen molar-refractivity contribution >= 4 is 17.3 Å². The molecule has 0 aliphatic carbocycles. The second-order valence-electron chi connectivity index (χ2n) is 7.48. The van der Waals surface area contributed by atoms with Gasteiger partial charge in [-0.05, 0) is 46.2 Å². The number of aryl methyl sites for hydroxylation is 1. The Morgan fingerprint density at radius 1 is 1.24 bits per heavy atom. The second kappa shape index (κ2) is 9.01.